The van der Waals surface area contributed by atoms with Crippen molar-refractivity contribution in [2.45, 2.75) is 187 Å². The summed E-state index contributed by atoms with van der Waals surface area (Å²) >= 11 is 0. The third kappa shape index (κ3) is 27.6. The van der Waals surface area contributed by atoms with Crippen molar-refractivity contribution in [3.05, 3.63) is 48.6 Å². The van der Waals surface area contributed by atoms with Gasteiger partial charge < -0.3 is 9.47 Å². The predicted octanol–water partition coefficient (Wildman–Crippen LogP) is 12.7. The number of rotatable bonds is 33. The van der Waals surface area contributed by atoms with Crippen LogP contribution < -0.4 is 0 Å². The van der Waals surface area contributed by atoms with Crippen LogP contribution in [0.4, 0.5) is 0 Å². The second kappa shape index (κ2) is 34.2. The van der Waals surface area contributed by atoms with Gasteiger partial charge in [0.2, 0.25) is 0 Å². The SMILES string of the molecule is CCCCCC=CCC=CCCCCCCCCO[C@@H]1CN(CC)C[C@H]1OCCCCCCCCC=CCC=CCCCCC. The summed E-state index contributed by atoms with van der Waals surface area (Å²) in [5.41, 5.74) is 0. The molecule has 0 spiro atoms. The second-order valence-electron chi connectivity index (χ2n) is 13.3. The third-order valence-corrected chi connectivity index (χ3v) is 9.09. The Balaban J connectivity index is 1.95. The molecule has 0 aromatic rings. The van der Waals surface area contributed by atoms with Crippen molar-refractivity contribution < 1.29 is 9.47 Å². The largest absolute Gasteiger partial charge is 0.374 e. The van der Waals surface area contributed by atoms with Gasteiger partial charge >= 0.3 is 0 Å². The summed E-state index contributed by atoms with van der Waals surface area (Å²) in [7, 11) is 0. The lowest BCUT2D eigenvalue weighted by Gasteiger charge is -2.20. The standard InChI is InChI=1S/C42H77NO2/c1-4-7-9-11-13-15-17-19-21-23-25-27-29-31-33-35-37-44-41-39-43(6-3)40-42(41)45-38-36-34-32-30-28-26-24-22-20-18-16-14-12-10-8-5-2/h13-16,19-22,41-42H,4-12,17-18,23-40H2,1-3H3/t41-,42-/m1/s1. The van der Waals surface area contributed by atoms with Gasteiger partial charge in [-0.3, -0.25) is 4.90 Å². The molecule has 45 heavy (non-hydrogen) atoms. The van der Waals surface area contributed by atoms with Gasteiger partial charge in [-0.05, 0) is 83.6 Å². The van der Waals surface area contributed by atoms with E-state index in [1.807, 2.05) is 0 Å². The molecule has 0 radical (unpaired) electrons. The predicted molar refractivity (Wildman–Crippen MR) is 200 cm³/mol. The fourth-order valence-corrected chi connectivity index (χ4v) is 6.05. The first-order chi connectivity index (χ1) is 22.3. The van der Waals surface area contributed by atoms with Crippen LogP contribution in [0.1, 0.15) is 175 Å². The van der Waals surface area contributed by atoms with Gasteiger partial charge in [0, 0.05) is 26.3 Å². The van der Waals surface area contributed by atoms with Crippen molar-refractivity contribution >= 4 is 0 Å². The van der Waals surface area contributed by atoms with E-state index in [0.29, 0.717) is 0 Å². The van der Waals surface area contributed by atoms with Gasteiger partial charge in [0.25, 0.3) is 0 Å². The highest BCUT2D eigenvalue weighted by Crippen LogP contribution is 2.19. The molecule has 2 atom stereocenters. The minimum Gasteiger partial charge on any atom is -0.374 e. The van der Waals surface area contributed by atoms with E-state index in [1.54, 1.807) is 0 Å². The Bertz CT molecular complexity index is 653. The van der Waals surface area contributed by atoms with Gasteiger partial charge in [-0.15, -0.1) is 0 Å². The first kappa shape index (κ1) is 41.9. The molecule has 1 aliphatic heterocycles. The maximum Gasteiger partial charge on any atom is 0.0975 e. The van der Waals surface area contributed by atoms with Crippen molar-refractivity contribution in [3.63, 3.8) is 0 Å². The third-order valence-electron chi connectivity index (χ3n) is 9.09. The van der Waals surface area contributed by atoms with Crippen LogP contribution in [0.5, 0.6) is 0 Å². The molecule has 1 rings (SSSR count). The average molecular weight is 628 g/mol. The molecular weight excluding hydrogens is 550 g/mol. The van der Waals surface area contributed by atoms with Crippen molar-refractivity contribution in [1.29, 1.82) is 0 Å². The fourth-order valence-electron chi connectivity index (χ4n) is 6.05. The van der Waals surface area contributed by atoms with E-state index in [-0.39, 0.29) is 12.2 Å². The topological polar surface area (TPSA) is 21.7 Å². The van der Waals surface area contributed by atoms with Gasteiger partial charge in [-0.2, -0.15) is 0 Å². The minimum absolute atomic E-state index is 0.257. The van der Waals surface area contributed by atoms with E-state index in [4.69, 9.17) is 9.47 Å². The number of ether oxygens (including phenoxy) is 2. The van der Waals surface area contributed by atoms with Crippen LogP contribution in [0.15, 0.2) is 48.6 Å². The molecule has 1 saturated heterocycles. The normalized spacial score (nSPS) is 17.8. The Hall–Kier alpha value is -1.16. The van der Waals surface area contributed by atoms with Gasteiger partial charge in [0.1, 0.15) is 0 Å². The van der Waals surface area contributed by atoms with E-state index < -0.39 is 0 Å². The Morgan fingerprint density at radius 2 is 0.756 bits per heavy atom. The van der Waals surface area contributed by atoms with Crippen LogP contribution in [0.25, 0.3) is 0 Å². The summed E-state index contributed by atoms with van der Waals surface area (Å²) in [4.78, 5) is 2.49. The van der Waals surface area contributed by atoms with Crippen LogP contribution in [0.2, 0.25) is 0 Å². The van der Waals surface area contributed by atoms with E-state index in [2.05, 4.69) is 74.3 Å². The molecular formula is C42H77NO2. The van der Waals surface area contributed by atoms with E-state index in [9.17, 15) is 0 Å². The fraction of sp³-hybridized carbons (Fsp3) is 0.810. The molecule has 0 saturated carbocycles. The Morgan fingerprint density at radius 1 is 0.422 bits per heavy atom. The van der Waals surface area contributed by atoms with Crippen molar-refractivity contribution in [1.82, 2.24) is 4.90 Å². The summed E-state index contributed by atoms with van der Waals surface area (Å²) < 4.78 is 12.7. The molecule has 0 aromatic heterocycles. The number of likely N-dealkylation sites (tertiary alicyclic amines) is 1. The maximum absolute atomic E-state index is 6.36. The zero-order valence-electron chi connectivity index (χ0n) is 30.5. The summed E-state index contributed by atoms with van der Waals surface area (Å²) in [5.74, 6) is 0. The zero-order chi connectivity index (χ0) is 32.3. The van der Waals surface area contributed by atoms with E-state index >= 15 is 0 Å². The lowest BCUT2D eigenvalue weighted by molar-refractivity contribution is -0.0481. The van der Waals surface area contributed by atoms with Crippen LogP contribution in [0.3, 0.4) is 0 Å². The smallest absolute Gasteiger partial charge is 0.0975 e. The Kier molecular flexibility index (Phi) is 31.8. The number of unbranched alkanes of at least 4 members (excludes halogenated alkanes) is 18. The number of nitrogens with zero attached hydrogens (tertiary/aromatic N) is 1. The summed E-state index contributed by atoms with van der Waals surface area (Å²) in [6, 6.07) is 0. The Morgan fingerprint density at radius 3 is 1.11 bits per heavy atom. The molecule has 1 fully saturated rings. The minimum atomic E-state index is 0.257. The molecule has 0 N–H and O–H groups in total. The van der Waals surface area contributed by atoms with Gasteiger partial charge in [-0.25, -0.2) is 0 Å². The highest BCUT2D eigenvalue weighted by atomic mass is 16.5. The van der Waals surface area contributed by atoms with Gasteiger partial charge in [0.15, 0.2) is 0 Å². The first-order valence-electron chi connectivity index (χ1n) is 19.9. The zero-order valence-corrected chi connectivity index (χ0v) is 30.5. The molecule has 3 heteroatoms. The summed E-state index contributed by atoms with van der Waals surface area (Å²) in [6.07, 6.45) is 50.2. The van der Waals surface area contributed by atoms with Crippen LogP contribution in [-0.2, 0) is 9.47 Å². The van der Waals surface area contributed by atoms with Crippen molar-refractivity contribution in [2.24, 2.45) is 0 Å². The van der Waals surface area contributed by atoms with Crippen LogP contribution >= 0.6 is 0 Å². The second-order valence-corrected chi connectivity index (χ2v) is 13.3. The molecule has 1 heterocycles. The first-order valence-corrected chi connectivity index (χ1v) is 19.9. The van der Waals surface area contributed by atoms with E-state index in [1.165, 1.54) is 141 Å². The molecule has 0 aliphatic carbocycles. The highest BCUT2D eigenvalue weighted by Gasteiger charge is 2.33. The summed E-state index contributed by atoms with van der Waals surface area (Å²) in [6.45, 7) is 11.7. The molecule has 262 valence electrons. The number of likely N-dealkylation sites (N-methyl/N-ethyl adjacent to an activating group) is 1. The molecule has 0 bridgehead atoms. The van der Waals surface area contributed by atoms with Crippen molar-refractivity contribution in [2.75, 3.05) is 32.8 Å². The average Bonchev–Trinajstić information content (AvgIpc) is 3.45. The lowest BCUT2D eigenvalue weighted by atomic mass is 10.1. The van der Waals surface area contributed by atoms with Crippen LogP contribution in [0, 0.1) is 0 Å². The quantitative estimate of drug-likeness (QED) is 0.0534. The van der Waals surface area contributed by atoms with Crippen LogP contribution in [-0.4, -0.2) is 50.0 Å². The molecule has 3 nitrogen and oxygen atoms in total. The number of hydrogen-bond acceptors (Lipinski definition) is 3. The number of allylic oxidation sites excluding steroid dienone is 8. The number of hydrogen-bond donors (Lipinski definition) is 0. The highest BCUT2D eigenvalue weighted by molar-refractivity contribution is 4.93. The monoisotopic (exact) mass is 628 g/mol. The molecule has 1 aliphatic rings. The molecule has 0 amide bonds. The van der Waals surface area contributed by atoms with Gasteiger partial charge in [0.05, 0.1) is 12.2 Å². The van der Waals surface area contributed by atoms with E-state index in [0.717, 1.165) is 45.7 Å². The molecule has 0 unspecified atom stereocenters. The molecule has 0 aromatic carbocycles. The van der Waals surface area contributed by atoms with Gasteiger partial charge in [-0.1, -0.05) is 146 Å². The summed E-state index contributed by atoms with van der Waals surface area (Å²) in [5, 5.41) is 0. The maximum atomic E-state index is 6.36. The van der Waals surface area contributed by atoms with Crippen molar-refractivity contribution in [3.8, 4) is 0 Å². The lowest BCUT2D eigenvalue weighted by Crippen LogP contribution is -2.30. The Labute approximate surface area is 282 Å².